The van der Waals surface area contributed by atoms with E-state index < -0.39 is 0 Å². The molecule has 0 aliphatic rings. The molecule has 0 radical (unpaired) electrons. The van der Waals surface area contributed by atoms with E-state index in [4.69, 9.17) is 17.0 Å². The van der Waals surface area contributed by atoms with Crippen molar-refractivity contribution in [2.45, 2.75) is 33.3 Å². The summed E-state index contributed by atoms with van der Waals surface area (Å²) in [5.74, 6) is 0.237. The maximum Gasteiger partial charge on any atom is 0.257 e. The smallest absolute Gasteiger partial charge is 0.257 e. The highest BCUT2D eigenvalue weighted by Gasteiger charge is 2.09. The number of thiocarbonyl (C=S) groups is 1. The minimum atomic E-state index is -0.319. The Morgan fingerprint density at radius 3 is 2.30 bits per heavy atom. The van der Waals surface area contributed by atoms with Crippen molar-refractivity contribution in [3.8, 4) is 5.75 Å². The maximum atomic E-state index is 12.3. The lowest BCUT2D eigenvalue weighted by molar-refractivity contribution is -0.114. The average molecular weight is 385 g/mol. The fourth-order valence-electron chi connectivity index (χ4n) is 2.22. The number of rotatable bonds is 6. The molecule has 3 N–H and O–H groups in total. The molecule has 0 fully saturated rings. The number of carbonyl (C=O) groups is 2. The molecule has 1 unspecified atom stereocenters. The first-order valence-corrected chi connectivity index (χ1v) is 9.05. The number of hydrogen-bond acceptors (Lipinski definition) is 4. The van der Waals surface area contributed by atoms with Crippen LogP contribution >= 0.6 is 12.2 Å². The van der Waals surface area contributed by atoms with Crippen LogP contribution in [0.5, 0.6) is 5.75 Å². The normalized spacial score (nSPS) is 11.2. The summed E-state index contributed by atoms with van der Waals surface area (Å²) in [5.41, 5.74) is 1.77. The number of anilines is 2. The molecule has 7 heteroatoms. The van der Waals surface area contributed by atoms with Crippen LogP contribution in [0.15, 0.2) is 48.5 Å². The molecule has 142 valence electrons. The molecule has 0 aliphatic heterocycles. The zero-order valence-electron chi connectivity index (χ0n) is 15.5. The first kappa shape index (κ1) is 20.4. The lowest BCUT2D eigenvalue weighted by atomic mass is 10.2. The van der Waals surface area contributed by atoms with Gasteiger partial charge in [0.2, 0.25) is 5.91 Å². The molecule has 2 aromatic carbocycles. The molecule has 2 aromatic rings. The van der Waals surface area contributed by atoms with E-state index in [0.29, 0.717) is 16.9 Å². The third kappa shape index (κ3) is 6.71. The fraction of sp³-hybridized carbons (Fsp3) is 0.250. The molecule has 0 aromatic heterocycles. The van der Waals surface area contributed by atoms with Crippen LogP contribution in [0.25, 0.3) is 0 Å². The van der Waals surface area contributed by atoms with Crippen molar-refractivity contribution in [2.24, 2.45) is 0 Å². The van der Waals surface area contributed by atoms with Crippen LogP contribution in [-0.4, -0.2) is 23.0 Å². The predicted molar refractivity (Wildman–Crippen MR) is 111 cm³/mol. The van der Waals surface area contributed by atoms with Crippen LogP contribution in [0, 0.1) is 0 Å². The number of amides is 2. The largest absolute Gasteiger partial charge is 0.491 e. The topological polar surface area (TPSA) is 79.5 Å². The summed E-state index contributed by atoms with van der Waals surface area (Å²) < 4.78 is 5.70. The number of benzene rings is 2. The van der Waals surface area contributed by atoms with Gasteiger partial charge in [-0.05, 0) is 68.0 Å². The second-order valence-corrected chi connectivity index (χ2v) is 6.44. The second kappa shape index (κ2) is 9.68. The van der Waals surface area contributed by atoms with Crippen LogP contribution in [0.3, 0.4) is 0 Å². The molecule has 27 heavy (non-hydrogen) atoms. The average Bonchev–Trinajstić information content (AvgIpc) is 2.61. The minimum Gasteiger partial charge on any atom is -0.491 e. The molecule has 0 saturated heterocycles. The lowest BCUT2D eigenvalue weighted by Gasteiger charge is -2.13. The van der Waals surface area contributed by atoms with Crippen LogP contribution in [0.1, 0.15) is 37.6 Å². The van der Waals surface area contributed by atoms with Crippen LogP contribution in [0.2, 0.25) is 0 Å². The van der Waals surface area contributed by atoms with E-state index in [1.54, 1.807) is 48.5 Å². The van der Waals surface area contributed by atoms with Crippen LogP contribution in [0.4, 0.5) is 11.4 Å². The fourth-order valence-corrected chi connectivity index (χ4v) is 2.43. The summed E-state index contributed by atoms with van der Waals surface area (Å²) in [5, 5.41) is 8.41. The second-order valence-electron chi connectivity index (χ2n) is 6.03. The molecule has 1 atom stereocenters. The Hall–Kier alpha value is -2.93. The third-order valence-electron chi connectivity index (χ3n) is 3.70. The van der Waals surface area contributed by atoms with Gasteiger partial charge in [0.05, 0.1) is 6.10 Å². The molecular formula is C20H23N3O3S. The summed E-state index contributed by atoms with van der Waals surface area (Å²) in [6.07, 6.45) is 1.03. The molecule has 0 spiro atoms. The van der Waals surface area contributed by atoms with Crippen molar-refractivity contribution in [2.75, 3.05) is 10.6 Å². The van der Waals surface area contributed by atoms with Gasteiger partial charge in [-0.15, -0.1) is 0 Å². The van der Waals surface area contributed by atoms with Gasteiger partial charge in [-0.25, -0.2) is 0 Å². The number of ether oxygens (including phenoxy) is 1. The Morgan fingerprint density at radius 2 is 1.70 bits per heavy atom. The SMILES string of the molecule is CCC(C)Oc1ccc(C(=O)NC(=S)Nc2cccc(NC(C)=O)c2)cc1. The number of nitrogens with one attached hydrogen (secondary N) is 3. The van der Waals surface area contributed by atoms with Gasteiger partial charge in [-0.3, -0.25) is 14.9 Å². The molecule has 2 amide bonds. The Morgan fingerprint density at radius 1 is 1.07 bits per heavy atom. The Balaban J connectivity index is 1.93. The lowest BCUT2D eigenvalue weighted by Crippen LogP contribution is -2.34. The highest BCUT2D eigenvalue weighted by Crippen LogP contribution is 2.16. The summed E-state index contributed by atoms with van der Waals surface area (Å²) in [6, 6.07) is 13.9. The first-order valence-electron chi connectivity index (χ1n) is 8.64. The first-order chi connectivity index (χ1) is 12.9. The van der Waals surface area contributed by atoms with E-state index in [1.807, 2.05) is 13.8 Å². The van der Waals surface area contributed by atoms with Crippen molar-refractivity contribution in [1.29, 1.82) is 0 Å². The number of hydrogen-bond donors (Lipinski definition) is 3. The molecule has 2 rings (SSSR count). The highest BCUT2D eigenvalue weighted by molar-refractivity contribution is 7.80. The van der Waals surface area contributed by atoms with E-state index in [0.717, 1.165) is 12.2 Å². The van der Waals surface area contributed by atoms with Gasteiger partial charge < -0.3 is 15.4 Å². The molecular weight excluding hydrogens is 362 g/mol. The number of carbonyl (C=O) groups excluding carboxylic acids is 2. The van der Waals surface area contributed by atoms with Gasteiger partial charge in [0.1, 0.15) is 5.75 Å². The quantitative estimate of drug-likeness (QED) is 0.656. The Labute approximate surface area is 164 Å². The Bertz CT molecular complexity index is 821. The monoisotopic (exact) mass is 385 g/mol. The van der Waals surface area contributed by atoms with Crippen molar-refractivity contribution in [3.63, 3.8) is 0 Å². The van der Waals surface area contributed by atoms with E-state index in [2.05, 4.69) is 16.0 Å². The molecule has 0 aliphatic carbocycles. The maximum absolute atomic E-state index is 12.3. The third-order valence-corrected chi connectivity index (χ3v) is 3.90. The van der Waals surface area contributed by atoms with Crippen molar-refractivity contribution in [1.82, 2.24) is 5.32 Å². The van der Waals surface area contributed by atoms with Crippen molar-refractivity contribution < 1.29 is 14.3 Å². The van der Waals surface area contributed by atoms with Gasteiger partial charge >= 0.3 is 0 Å². The van der Waals surface area contributed by atoms with Crippen molar-refractivity contribution >= 4 is 40.5 Å². The van der Waals surface area contributed by atoms with E-state index in [-0.39, 0.29) is 23.0 Å². The van der Waals surface area contributed by atoms with E-state index >= 15 is 0 Å². The molecule has 6 nitrogen and oxygen atoms in total. The molecule has 0 heterocycles. The van der Waals surface area contributed by atoms with Crippen LogP contribution < -0.4 is 20.7 Å². The van der Waals surface area contributed by atoms with Gasteiger partial charge in [0, 0.05) is 23.9 Å². The van der Waals surface area contributed by atoms with Gasteiger partial charge in [0.15, 0.2) is 5.11 Å². The zero-order chi connectivity index (χ0) is 19.8. The Kier molecular flexibility index (Phi) is 7.31. The van der Waals surface area contributed by atoms with E-state index in [9.17, 15) is 9.59 Å². The summed E-state index contributed by atoms with van der Waals surface area (Å²) >= 11 is 5.19. The van der Waals surface area contributed by atoms with E-state index in [1.165, 1.54) is 6.92 Å². The summed E-state index contributed by atoms with van der Waals surface area (Å²) in [7, 11) is 0. The van der Waals surface area contributed by atoms with Gasteiger partial charge in [0.25, 0.3) is 5.91 Å². The predicted octanol–water partition coefficient (Wildman–Crippen LogP) is 3.95. The summed E-state index contributed by atoms with van der Waals surface area (Å²) in [4.78, 5) is 23.4. The minimum absolute atomic E-state index is 0.120. The standard InChI is InChI=1S/C20H23N3O3S/c1-4-13(2)26-18-10-8-15(9-11-18)19(25)23-20(27)22-17-7-5-6-16(12-17)21-14(3)24/h5-13H,4H2,1-3H3,(H,21,24)(H2,22,23,25,27). The van der Waals surface area contributed by atoms with Gasteiger partial charge in [-0.1, -0.05) is 13.0 Å². The van der Waals surface area contributed by atoms with Crippen LogP contribution in [-0.2, 0) is 4.79 Å². The van der Waals surface area contributed by atoms with Gasteiger partial charge in [-0.2, -0.15) is 0 Å². The molecule has 0 bridgehead atoms. The molecule has 0 saturated carbocycles. The van der Waals surface area contributed by atoms with Crippen molar-refractivity contribution in [3.05, 3.63) is 54.1 Å². The summed E-state index contributed by atoms with van der Waals surface area (Å²) in [6.45, 7) is 5.47. The zero-order valence-corrected chi connectivity index (χ0v) is 16.4. The highest BCUT2D eigenvalue weighted by atomic mass is 32.1.